The van der Waals surface area contributed by atoms with Crippen LogP contribution in [-0.2, 0) is 11.3 Å². The molecule has 136 valence electrons. The zero-order valence-electron chi connectivity index (χ0n) is 14.4. The molecular weight excluding hydrogens is 334 g/mol. The molecule has 0 saturated carbocycles. The maximum Gasteiger partial charge on any atom is 0.258 e. The quantitative estimate of drug-likeness (QED) is 0.370. The summed E-state index contributed by atoms with van der Waals surface area (Å²) in [4.78, 5) is 11.9. The lowest BCUT2D eigenvalue weighted by molar-refractivity contribution is -0.123. The van der Waals surface area contributed by atoms with Crippen LogP contribution in [-0.4, -0.2) is 31.8 Å². The van der Waals surface area contributed by atoms with E-state index in [1.807, 2.05) is 30.3 Å². The standard InChI is InChI=1S/C18H21N5O3/c1-25-16-9-14(11-22-23-18(19)20)7-8-15(16)26-12-17(24)21-10-13-5-3-2-4-6-13/h2-9,11H,10,12H2,1H3,(H,21,24)(H4,19,20,23). The molecule has 0 unspecified atom stereocenters. The molecule has 1 amide bonds. The zero-order valence-corrected chi connectivity index (χ0v) is 14.4. The average molecular weight is 355 g/mol. The van der Waals surface area contributed by atoms with E-state index >= 15 is 0 Å². The summed E-state index contributed by atoms with van der Waals surface area (Å²) < 4.78 is 10.8. The molecule has 2 aromatic rings. The monoisotopic (exact) mass is 355 g/mol. The molecule has 0 bridgehead atoms. The number of carbonyl (C=O) groups excluding carboxylic acids is 1. The van der Waals surface area contributed by atoms with Crippen LogP contribution in [0.1, 0.15) is 11.1 Å². The Kier molecular flexibility index (Phi) is 6.99. The van der Waals surface area contributed by atoms with Crippen molar-refractivity contribution in [2.24, 2.45) is 21.7 Å². The van der Waals surface area contributed by atoms with Gasteiger partial charge in [-0.1, -0.05) is 30.3 Å². The highest BCUT2D eigenvalue weighted by Crippen LogP contribution is 2.27. The fourth-order valence-electron chi connectivity index (χ4n) is 2.04. The minimum atomic E-state index is -0.227. The Bertz CT molecular complexity index is 787. The van der Waals surface area contributed by atoms with E-state index in [4.69, 9.17) is 20.9 Å². The number of carbonyl (C=O) groups is 1. The van der Waals surface area contributed by atoms with E-state index in [2.05, 4.69) is 15.5 Å². The second-order valence-corrected chi connectivity index (χ2v) is 5.23. The van der Waals surface area contributed by atoms with E-state index in [0.717, 1.165) is 5.56 Å². The van der Waals surface area contributed by atoms with Gasteiger partial charge in [-0.3, -0.25) is 4.79 Å². The van der Waals surface area contributed by atoms with Crippen LogP contribution >= 0.6 is 0 Å². The Hall–Kier alpha value is -3.55. The van der Waals surface area contributed by atoms with Crippen LogP contribution in [0.3, 0.4) is 0 Å². The molecule has 0 heterocycles. The van der Waals surface area contributed by atoms with Crippen LogP contribution in [0, 0.1) is 0 Å². The van der Waals surface area contributed by atoms with E-state index in [-0.39, 0.29) is 18.5 Å². The van der Waals surface area contributed by atoms with Gasteiger partial charge in [-0.2, -0.15) is 5.10 Å². The van der Waals surface area contributed by atoms with Crippen LogP contribution in [0.2, 0.25) is 0 Å². The summed E-state index contributed by atoms with van der Waals surface area (Å²) in [5, 5.41) is 10.0. The third kappa shape index (κ3) is 6.16. The number of guanidine groups is 1. The van der Waals surface area contributed by atoms with Crippen molar-refractivity contribution in [3.05, 3.63) is 59.7 Å². The molecule has 8 heteroatoms. The number of ether oxygens (including phenoxy) is 2. The molecule has 8 nitrogen and oxygen atoms in total. The smallest absolute Gasteiger partial charge is 0.258 e. The molecule has 0 saturated heterocycles. The van der Waals surface area contributed by atoms with Gasteiger partial charge in [0.25, 0.3) is 5.91 Å². The molecule has 0 atom stereocenters. The van der Waals surface area contributed by atoms with Crippen LogP contribution in [0.15, 0.2) is 58.7 Å². The number of methoxy groups -OCH3 is 1. The van der Waals surface area contributed by atoms with Gasteiger partial charge in [-0.05, 0) is 29.3 Å². The first-order chi connectivity index (χ1) is 12.6. The summed E-state index contributed by atoms with van der Waals surface area (Å²) in [5.41, 5.74) is 12.1. The molecule has 0 aromatic heterocycles. The topological polar surface area (TPSA) is 124 Å². The van der Waals surface area contributed by atoms with Crippen molar-refractivity contribution >= 4 is 18.1 Å². The van der Waals surface area contributed by atoms with E-state index in [0.29, 0.717) is 23.6 Å². The van der Waals surface area contributed by atoms with E-state index < -0.39 is 0 Å². The number of benzene rings is 2. The molecule has 2 aromatic carbocycles. The van der Waals surface area contributed by atoms with Crippen LogP contribution in [0.25, 0.3) is 0 Å². The van der Waals surface area contributed by atoms with Crippen molar-refractivity contribution in [2.45, 2.75) is 6.54 Å². The Morgan fingerprint density at radius 2 is 1.92 bits per heavy atom. The van der Waals surface area contributed by atoms with Crippen molar-refractivity contribution in [2.75, 3.05) is 13.7 Å². The van der Waals surface area contributed by atoms with Crippen LogP contribution < -0.4 is 26.3 Å². The first-order valence-electron chi connectivity index (χ1n) is 7.82. The molecule has 26 heavy (non-hydrogen) atoms. The molecule has 0 aliphatic rings. The lowest BCUT2D eigenvalue weighted by Crippen LogP contribution is -2.28. The number of nitrogens with zero attached hydrogens (tertiary/aromatic N) is 2. The predicted molar refractivity (Wildman–Crippen MR) is 100 cm³/mol. The maximum atomic E-state index is 11.9. The highest BCUT2D eigenvalue weighted by molar-refractivity contribution is 5.82. The Labute approximate surface area is 151 Å². The van der Waals surface area contributed by atoms with Gasteiger partial charge < -0.3 is 26.3 Å². The van der Waals surface area contributed by atoms with Gasteiger partial charge in [0.1, 0.15) is 0 Å². The van der Waals surface area contributed by atoms with Crippen molar-refractivity contribution in [3.63, 3.8) is 0 Å². The third-order valence-electron chi connectivity index (χ3n) is 3.26. The van der Waals surface area contributed by atoms with Gasteiger partial charge in [-0.15, -0.1) is 5.10 Å². The number of rotatable bonds is 8. The average Bonchev–Trinajstić information content (AvgIpc) is 2.65. The minimum absolute atomic E-state index is 0.120. The highest BCUT2D eigenvalue weighted by atomic mass is 16.5. The molecule has 5 N–H and O–H groups in total. The number of nitrogens with two attached hydrogens (primary N) is 2. The lowest BCUT2D eigenvalue weighted by atomic mass is 10.2. The van der Waals surface area contributed by atoms with Gasteiger partial charge >= 0.3 is 0 Å². The van der Waals surface area contributed by atoms with Gasteiger partial charge in [0.05, 0.1) is 13.3 Å². The summed E-state index contributed by atoms with van der Waals surface area (Å²) in [6.07, 6.45) is 1.47. The Balaban J connectivity index is 1.91. The Morgan fingerprint density at radius 3 is 2.62 bits per heavy atom. The molecule has 2 rings (SSSR count). The minimum Gasteiger partial charge on any atom is -0.493 e. The largest absolute Gasteiger partial charge is 0.493 e. The van der Waals surface area contributed by atoms with Crippen LogP contribution in [0.4, 0.5) is 0 Å². The zero-order chi connectivity index (χ0) is 18.8. The lowest BCUT2D eigenvalue weighted by Gasteiger charge is -2.11. The van der Waals surface area contributed by atoms with E-state index in [9.17, 15) is 4.79 Å². The highest BCUT2D eigenvalue weighted by Gasteiger charge is 2.08. The van der Waals surface area contributed by atoms with E-state index in [1.165, 1.54) is 13.3 Å². The summed E-state index contributed by atoms with van der Waals surface area (Å²) in [5.74, 6) is 0.555. The van der Waals surface area contributed by atoms with Gasteiger partial charge in [0.2, 0.25) is 5.96 Å². The van der Waals surface area contributed by atoms with Crippen LogP contribution in [0.5, 0.6) is 11.5 Å². The first-order valence-corrected chi connectivity index (χ1v) is 7.82. The molecule has 0 radical (unpaired) electrons. The van der Waals surface area contributed by atoms with Gasteiger partial charge in [0, 0.05) is 6.54 Å². The number of amides is 1. The Morgan fingerprint density at radius 1 is 1.15 bits per heavy atom. The molecular formula is C18H21N5O3. The van der Waals surface area contributed by atoms with Gasteiger partial charge in [-0.25, -0.2) is 0 Å². The maximum absolute atomic E-state index is 11.9. The van der Waals surface area contributed by atoms with Crippen molar-refractivity contribution in [1.29, 1.82) is 0 Å². The van der Waals surface area contributed by atoms with Crippen molar-refractivity contribution in [1.82, 2.24) is 5.32 Å². The number of hydrogen-bond acceptors (Lipinski definition) is 5. The number of nitrogens with one attached hydrogen (secondary N) is 1. The second kappa shape index (κ2) is 9.67. The molecule has 0 aliphatic carbocycles. The summed E-state index contributed by atoms with van der Waals surface area (Å²) >= 11 is 0. The molecule has 0 fully saturated rings. The van der Waals surface area contributed by atoms with Crippen molar-refractivity contribution in [3.8, 4) is 11.5 Å². The second-order valence-electron chi connectivity index (χ2n) is 5.23. The summed E-state index contributed by atoms with van der Waals surface area (Å²) in [6, 6.07) is 14.8. The fraction of sp³-hybridized carbons (Fsp3) is 0.167. The summed E-state index contributed by atoms with van der Waals surface area (Å²) in [6.45, 7) is 0.324. The number of hydrogen-bond donors (Lipinski definition) is 3. The van der Waals surface area contributed by atoms with Gasteiger partial charge in [0.15, 0.2) is 18.1 Å². The normalized spacial score (nSPS) is 10.3. The fourth-order valence-corrected chi connectivity index (χ4v) is 2.04. The SMILES string of the molecule is COc1cc(C=NN=C(N)N)ccc1OCC(=O)NCc1ccccc1. The molecule has 0 spiro atoms. The summed E-state index contributed by atoms with van der Waals surface area (Å²) in [7, 11) is 1.51. The van der Waals surface area contributed by atoms with Crippen molar-refractivity contribution < 1.29 is 14.3 Å². The third-order valence-corrected chi connectivity index (χ3v) is 3.26. The van der Waals surface area contributed by atoms with E-state index in [1.54, 1.807) is 18.2 Å². The molecule has 0 aliphatic heterocycles. The first kappa shape index (κ1) is 18.8. The predicted octanol–water partition coefficient (Wildman–Crippen LogP) is 0.998.